The molecule has 0 amide bonds. The number of aromatic nitrogens is 2. The molecular formula is C27H22BrFN2O5. The minimum atomic E-state index is -0.907. The van der Waals surface area contributed by atoms with Gasteiger partial charge in [0.2, 0.25) is 0 Å². The summed E-state index contributed by atoms with van der Waals surface area (Å²) >= 11 is 3.38. The van der Waals surface area contributed by atoms with E-state index in [0.717, 1.165) is 16.7 Å². The molecule has 184 valence electrons. The summed E-state index contributed by atoms with van der Waals surface area (Å²) in [5, 5.41) is 0.474. The number of aryl methyl sites for hydroxylation is 1. The van der Waals surface area contributed by atoms with Crippen molar-refractivity contribution in [3.8, 4) is 5.75 Å². The number of ether oxygens (including phenoxy) is 2. The lowest BCUT2D eigenvalue weighted by Gasteiger charge is -2.15. The summed E-state index contributed by atoms with van der Waals surface area (Å²) in [5.41, 5.74) is 2.11. The number of benzene rings is 2. The largest absolute Gasteiger partial charge is 0.462 e. The molecule has 36 heavy (non-hydrogen) atoms. The number of esters is 2. The summed E-state index contributed by atoms with van der Waals surface area (Å²) in [4.78, 5) is 43.3. The maximum atomic E-state index is 13.7. The highest BCUT2D eigenvalue weighted by Crippen LogP contribution is 2.29. The van der Waals surface area contributed by atoms with Gasteiger partial charge >= 0.3 is 11.9 Å². The van der Waals surface area contributed by atoms with Crippen molar-refractivity contribution < 1.29 is 23.5 Å². The number of rotatable bonds is 7. The SMILES string of the molecule is CCOC(=O)c1c(OC(=O)c2ccccc2)c2ncc(Cc3ccc(F)cc3CBr)cc2n(C)c1=O. The van der Waals surface area contributed by atoms with Gasteiger partial charge in [-0.1, -0.05) is 40.2 Å². The molecule has 2 heterocycles. The van der Waals surface area contributed by atoms with Crippen LogP contribution in [0.1, 0.15) is 44.3 Å². The number of carbonyl (C=O) groups excluding carboxylic acids is 2. The molecule has 0 unspecified atom stereocenters. The lowest BCUT2D eigenvalue weighted by Crippen LogP contribution is -2.28. The monoisotopic (exact) mass is 552 g/mol. The first-order chi connectivity index (χ1) is 17.3. The van der Waals surface area contributed by atoms with Crippen LogP contribution in [0.15, 0.2) is 65.6 Å². The van der Waals surface area contributed by atoms with Crippen molar-refractivity contribution in [2.45, 2.75) is 18.7 Å². The van der Waals surface area contributed by atoms with E-state index in [2.05, 4.69) is 20.9 Å². The van der Waals surface area contributed by atoms with Gasteiger partial charge in [-0.05, 0) is 60.4 Å². The van der Waals surface area contributed by atoms with Gasteiger partial charge in [-0.3, -0.25) is 9.78 Å². The van der Waals surface area contributed by atoms with E-state index in [0.29, 0.717) is 17.3 Å². The number of pyridine rings is 2. The molecule has 0 saturated carbocycles. The van der Waals surface area contributed by atoms with E-state index in [4.69, 9.17) is 9.47 Å². The van der Waals surface area contributed by atoms with Crippen LogP contribution >= 0.6 is 15.9 Å². The van der Waals surface area contributed by atoms with Crippen molar-refractivity contribution >= 4 is 38.9 Å². The highest BCUT2D eigenvalue weighted by atomic mass is 79.9. The first-order valence-corrected chi connectivity index (χ1v) is 12.2. The van der Waals surface area contributed by atoms with Crippen LogP contribution in [0.25, 0.3) is 11.0 Å². The average molecular weight is 553 g/mol. The molecule has 0 radical (unpaired) electrons. The van der Waals surface area contributed by atoms with Crippen LogP contribution in [0.4, 0.5) is 4.39 Å². The smallest absolute Gasteiger partial charge is 0.347 e. The third kappa shape index (κ3) is 5.06. The highest BCUT2D eigenvalue weighted by Gasteiger charge is 2.27. The number of hydrogen-bond donors (Lipinski definition) is 0. The Bertz CT molecular complexity index is 1520. The predicted octanol–water partition coefficient (Wildman–Crippen LogP) is 4.95. The van der Waals surface area contributed by atoms with Gasteiger partial charge in [-0.2, -0.15) is 0 Å². The molecule has 0 bridgehead atoms. The van der Waals surface area contributed by atoms with Crippen LogP contribution in [0.2, 0.25) is 0 Å². The molecule has 7 nitrogen and oxygen atoms in total. The Morgan fingerprint density at radius 3 is 2.50 bits per heavy atom. The van der Waals surface area contributed by atoms with Crippen LogP contribution in [-0.4, -0.2) is 28.1 Å². The Morgan fingerprint density at radius 1 is 1.06 bits per heavy atom. The van der Waals surface area contributed by atoms with E-state index in [1.807, 2.05) is 0 Å². The van der Waals surface area contributed by atoms with Gasteiger partial charge < -0.3 is 14.0 Å². The van der Waals surface area contributed by atoms with Gasteiger partial charge in [-0.25, -0.2) is 14.0 Å². The maximum absolute atomic E-state index is 13.7. The molecule has 0 aliphatic rings. The number of halogens is 2. The fraction of sp³-hybridized carbons (Fsp3) is 0.185. The molecule has 0 saturated heterocycles. The lowest BCUT2D eigenvalue weighted by molar-refractivity contribution is 0.0518. The van der Waals surface area contributed by atoms with Gasteiger partial charge in [0.15, 0.2) is 11.3 Å². The summed E-state index contributed by atoms with van der Waals surface area (Å²) in [5.74, 6) is -2.23. The summed E-state index contributed by atoms with van der Waals surface area (Å²) < 4.78 is 25.6. The molecule has 2 aromatic carbocycles. The Labute approximate surface area is 214 Å². The molecular weight excluding hydrogens is 531 g/mol. The molecule has 0 spiro atoms. The van der Waals surface area contributed by atoms with Gasteiger partial charge in [-0.15, -0.1) is 0 Å². The Kier molecular flexibility index (Phi) is 7.59. The highest BCUT2D eigenvalue weighted by molar-refractivity contribution is 9.08. The molecule has 2 aromatic heterocycles. The topological polar surface area (TPSA) is 87.5 Å². The molecule has 0 atom stereocenters. The molecule has 0 fully saturated rings. The first-order valence-electron chi connectivity index (χ1n) is 11.1. The van der Waals surface area contributed by atoms with E-state index in [1.54, 1.807) is 55.6 Å². The van der Waals surface area contributed by atoms with Gasteiger partial charge in [0.1, 0.15) is 11.3 Å². The maximum Gasteiger partial charge on any atom is 0.347 e. The summed E-state index contributed by atoms with van der Waals surface area (Å²) in [6.45, 7) is 1.65. The Balaban J connectivity index is 1.86. The first kappa shape index (κ1) is 25.2. The molecule has 0 N–H and O–H groups in total. The summed E-state index contributed by atoms with van der Waals surface area (Å²) in [7, 11) is 1.50. The number of fused-ring (bicyclic) bond motifs is 1. The second-order valence-electron chi connectivity index (χ2n) is 7.98. The van der Waals surface area contributed by atoms with E-state index in [9.17, 15) is 18.8 Å². The van der Waals surface area contributed by atoms with Gasteiger partial charge in [0.05, 0.1) is 17.7 Å². The van der Waals surface area contributed by atoms with Crippen LogP contribution < -0.4 is 10.3 Å². The number of hydrogen-bond acceptors (Lipinski definition) is 6. The second kappa shape index (κ2) is 10.8. The van der Waals surface area contributed by atoms with Crippen molar-refractivity contribution in [2.75, 3.05) is 6.61 Å². The zero-order valence-electron chi connectivity index (χ0n) is 19.6. The molecule has 4 rings (SSSR count). The number of alkyl halides is 1. The predicted molar refractivity (Wildman–Crippen MR) is 136 cm³/mol. The zero-order chi connectivity index (χ0) is 25.8. The summed E-state index contributed by atoms with van der Waals surface area (Å²) in [6.07, 6.45) is 2.00. The fourth-order valence-corrected chi connectivity index (χ4v) is 4.36. The number of carbonyl (C=O) groups is 2. The van der Waals surface area contributed by atoms with Crippen molar-refractivity contribution in [1.82, 2.24) is 9.55 Å². The van der Waals surface area contributed by atoms with E-state index in [1.165, 1.54) is 23.7 Å². The molecule has 9 heteroatoms. The van der Waals surface area contributed by atoms with Crippen LogP contribution in [-0.2, 0) is 23.5 Å². The minimum Gasteiger partial charge on any atom is -0.462 e. The third-order valence-electron chi connectivity index (χ3n) is 5.64. The van der Waals surface area contributed by atoms with Crippen LogP contribution in [0.3, 0.4) is 0 Å². The van der Waals surface area contributed by atoms with Crippen molar-refractivity contribution in [3.05, 3.63) is 105 Å². The zero-order valence-corrected chi connectivity index (χ0v) is 21.2. The van der Waals surface area contributed by atoms with E-state index >= 15 is 0 Å². The fourth-order valence-electron chi connectivity index (χ4n) is 3.83. The summed E-state index contributed by atoms with van der Waals surface area (Å²) in [6, 6.07) is 14.5. The molecule has 0 aliphatic carbocycles. The van der Waals surface area contributed by atoms with E-state index < -0.39 is 23.1 Å². The van der Waals surface area contributed by atoms with Crippen LogP contribution in [0.5, 0.6) is 5.75 Å². The average Bonchev–Trinajstić information content (AvgIpc) is 2.88. The minimum absolute atomic E-state index is 0.0338. The van der Waals surface area contributed by atoms with Crippen molar-refractivity contribution in [1.29, 1.82) is 0 Å². The number of nitrogens with zero attached hydrogens (tertiary/aromatic N) is 2. The second-order valence-corrected chi connectivity index (χ2v) is 8.54. The normalized spacial score (nSPS) is 10.9. The lowest BCUT2D eigenvalue weighted by atomic mass is 10.0. The van der Waals surface area contributed by atoms with Gasteiger partial charge in [0.25, 0.3) is 5.56 Å². The molecule has 0 aliphatic heterocycles. The third-order valence-corrected chi connectivity index (χ3v) is 6.24. The Hall–Kier alpha value is -3.85. The Morgan fingerprint density at radius 2 is 1.81 bits per heavy atom. The quantitative estimate of drug-likeness (QED) is 0.238. The van der Waals surface area contributed by atoms with Crippen molar-refractivity contribution in [3.63, 3.8) is 0 Å². The van der Waals surface area contributed by atoms with Crippen LogP contribution in [0, 0.1) is 5.82 Å². The molecule has 4 aromatic rings. The van der Waals surface area contributed by atoms with Gasteiger partial charge in [0, 0.05) is 18.6 Å². The van der Waals surface area contributed by atoms with E-state index in [-0.39, 0.29) is 29.3 Å². The standard InChI is InChI=1S/C27H22BrFN2O5/c1-3-35-27(34)22-24(36-26(33)17-7-5-4-6-8-17)23-21(31(2)25(22)32)12-16(15-30-23)11-18-9-10-20(29)13-19(18)14-28/h4-10,12-13,15H,3,11,14H2,1-2H3. The van der Waals surface area contributed by atoms with Crippen molar-refractivity contribution in [2.24, 2.45) is 7.05 Å².